The third kappa shape index (κ3) is 3.43. The zero-order valence-corrected chi connectivity index (χ0v) is 16.1. The SMILES string of the molecule is FC(F)(F)CC[C@H](c1ccc2ccc3cccc4ccc1c2c34)N1CCNCC1. The van der Waals surface area contributed by atoms with E-state index < -0.39 is 12.6 Å². The van der Waals surface area contributed by atoms with Crippen molar-refractivity contribution in [1.82, 2.24) is 10.2 Å². The van der Waals surface area contributed by atoms with Gasteiger partial charge in [-0.05, 0) is 44.3 Å². The van der Waals surface area contributed by atoms with Gasteiger partial charge in [0.25, 0.3) is 0 Å². The molecule has 0 unspecified atom stereocenters. The Kier molecular flexibility index (Phi) is 4.60. The quantitative estimate of drug-likeness (QED) is 0.434. The molecule has 1 saturated heterocycles. The third-order valence-corrected chi connectivity index (χ3v) is 6.21. The Morgan fingerprint density at radius 1 is 0.828 bits per heavy atom. The summed E-state index contributed by atoms with van der Waals surface area (Å²) in [4.78, 5) is 2.22. The van der Waals surface area contributed by atoms with Gasteiger partial charge in [0.1, 0.15) is 0 Å². The summed E-state index contributed by atoms with van der Waals surface area (Å²) in [5, 5.41) is 10.3. The first-order valence-electron chi connectivity index (χ1n) is 10.2. The largest absolute Gasteiger partial charge is 0.389 e. The van der Waals surface area contributed by atoms with Crippen molar-refractivity contribution in [2.24, 2.45) is 0 Å². The number of nitrogens with one attached hydrogen (secondary N) is 1. The van der Waals surface area contributed by atoms with Crippen LogP contribution in [-0.2, 0) is 0 Å². The molecule has 0 radical (unpaired) electrons. The summed E-state index contributed by atoms with van der Waals surface area (Å²) in [5.41, 5.74) is 1.02. The molecule has 1 fully saturated rings. The fourth-order valence-electron chi connectivity index (χ4n) is 4.88. The maximum Gasteiger partial charge on any atom is 0.389 e. The molecular weight excluding hydrogens is 373 g/mol. The summed E-state index contributed by atoms with van der Waals surface area (Å²) in [6.07, 6.45) is -4.81. The molecule has 0 spiro atoms. The molecule has 0 aliphatic carbocycles. The van der Waals surface area contributed by atoms with Crippen LogP contribution in [0.25, 0.3) is 32.3 Å². The zero-order chi connectivity index (χ0) is 20.0. The Bertz CT molecular complexity index is 1130. The van der Waals surface area contributed by atoms with Crippen molar-refractivity contribution in [2.75, 3.05) is 26.2 Å². The van der Waals surface area contributed by atoms with Gasteiger partial charge in [-0.2, -0.15) is 13.2 Å². The summed E-state index contributed by atoms with van der Waals surface area (Å²) in [5.74, 6) is 0. The van der Waals surface area contributed by atoms with Crippen molar-refractivity contribution in [2.45, 2.75) is 25.1 Å². The maximum absolute atomic E-state index is 13.1. The molecule has 1 N–H and O–H groups in total. The molecule has 0 aromatic heterocycles. The smallest absolute Gasteiger partial charge is 0.314 e. The van der Waals surface area contributed by atoms with Crippen molar-refractivity contribution >= 4 is 32.3 Å². The standard InChI is InChI=1S/C24H23F3N2/c25-24(26,27)11-10-21(29-14-12-28-13-15-29)19-8-6-18-5-4-16-2-1-3-17-7-9-20(19)23(18)22(16)17/h1-9,21,28H,10-15H2/t21-/m1/s1. The van der Waals surface area contributed by atoms with Crippen LogP contribution >= 0.6 is 0 Å². The van der Waals surface area contributed by atoms with E-state index in [1.807, 2.05) is 6.07 Å². The van der Waals surface area contributed by atoms with Crippen molar-refractivity contribution in [3.8, 4) is 0 Å². The van der Waals surface area contributed by atoms with E-state index in [9.17, 15) is 13.2 Å². The van der Waals surface area contributed by atoms with Crippen LogP contribution in [0, 0.1) is 0 Å². The molecule has 5 rings (SSSR count). The molecule has 0 amide bonds. The van der Waals surface area contributed by atoms with Crippen molar-refractivity contribution < 1.29 is 13.2 Å². The summed E-state index contributed by atoms with van der Waals surface area (Å²) in [6.45, 7) is 3.16. The molecule has 2 nitrogen and oxygen atoms in total. The monoisotopic (exact) mass is 396 g/mol. The predicted octanol–water partition coefficient (Wildman–Crippen LogP) is 5.87. The van der Waals surface area contributed by atoms with Crippen LogP contribution < -0.4 is 5.32 Å². The van der Waals surface area contributed by atoms with Gasteiger partial charge < -0.3 is 5.32 Å². The van der Waals surface area contributed by atoms with Crippen LogP contribution in [-0.4, -0.2) is 37.3 Å². The minimum atomic E-state index is -4.14. The molecule has 4 aromatic rings. The van der Waals surface area contributed by atoms with E-state index in [1.54, 1.807) is 0 Å². The van der Waals surface area contributed by atoms with Crippen LogP contribution in [0.5, 0.6) is 0 Å². The summed E-state index contributed by atoms with van der Waals surface area (Å²) < 4.78 is 39.3. The van der Waals surface area contributed by atoms with Gasteiger partial charge in [0.2, 0.25) is 0 Å². The van der Waals surface area contributed by atoms with Gasteiger partial charge in [0, 0.05) is 38.6 Å². The van der Waals surface area contributed by atoms with E-state index >= 15 is 0 Å². The number of nitrogens with zero attached hydrogens (tertiary/aromatic N) is 1. The first-order chi connectivity index (χ1) is 14.0. The number of halogens is 3. The normalized spacial score (nSPS) is 17.5. The van der Waals surface area contributed by atoms with Gasteiger partial charge in [-0.25, -0.2) is 0 Å². The maximum atomic E-state index is 13.1. The number of piperazine rings is 1. The number of hydrogen-bond donors (Lipinski definition) is 1. The van der Waals surface area contributed by atoms with Crippen LogP contribution in [0.4, 0.5) is 13.2 Å². The second kappa shape index (κ2) is 7.15. The highest BCUT2D eigenvalue weighted by atomic mass is 19.4. The lowest BCUT2D eigenvalue weighted by atomic mass is 9.88. The van der Waals surface area contributed by atoms with Crippen LogP contribution in [0.1, 0.15) is 24.4 Å². The predicted molar refractivity (Wildman–Crippen MR) is 113 cm³/mol. The molecule has 150 valence electrons. The van der Waals surface area contributed by atoms with Gasteiger partial charge in [-0.1, -0.05) is 54.6 Å². The molecule has 1 aliphatic rings. The molecular formula is C24H23F3N2. The van der Waals surface area contributed by atoms with Crippen molar-refractivity contribution in [3.05, 3.63) is 60.2 Å². The lowest BCUT2D eigenvalue weighted by molar-refractivity contribution is -0.138. The van der Waals surface area contributed by atoms with Gasteiger partial charge >= 0.3 is 6.18 Å². The van der Waals surface area contributed by atoms with E-state index in [-0.39, 0.29) is 12.5 Å². The number of hydrogen-bond acceptors (Lipinski definition) is 2. The molecule has 5 heteroatoms. The van der Waals surface area contributed by atoms with Crippen LogP contribution in [0.15, 0.2) is 54.6 Å². The fourth-order valence-corrected chi connectivity index (χ4v) is 4.88. The molecule has 1 atom stereocenters. The van der Waals surface area contributed by atoms with Gasteiger partial charge in [0.15, 0.2) is 0 Å². The van der Waals surface area contributed by atoms with Gasteiger partial charge in [-0.3, -0.25) is 4.90 Å². The zero-order valence-electron chi connectivity index (χ0n) is 16.1. The minimum absolute atomic E-state index is 0.0907. The topological polar surface area (TPSA) is 15.3 Å². The van der Waals surface area contributed by atoms with E-state index in [0.717, 1.165) is 42.5 Å². The Labute approximate surface area is 167 Å². The summed E-state index contributed by atoms with van der Waals surface area (Å²) in [7, 11) is 0. The summed E-state index contributed by atoms with van der Waals surface area (Å²) >= 11 is 0. The van der Waals surface area contributed by atoms with E-state index in [4.69, 9.17) is 0 Å². The van der Waals surface area contributed by atoms with Crippen molar-refractivity contribution in [1.29, 1.82) is 0 Å². The fraction of sp³-hybridized carbons (Fsp3) is 0.333. The van der Waals surface area contributed by atoms with Gasteiger partial charge in [0.05, 0.1) is 0 Å². The molecule has 1 heterocycles. The van der Waals surface area contributed by atoms with E-state index in [2.05, 4.69) is 58.7 Å². The highest BCUT2D eigenvalue weighted by Crippen LogP contribution is 2.40. The lowest BCUT2D eigenvalue weighted by Gasteiger charge is -2.36. The number of rotatable bonds is 4. The van der Waals surface area contributed by atoms with Crippen LogP contribution in [0.3, 0.4) is 0 Å². The Balaban J connectivity index is 1.69. The Morgan fingerprint density at radius 2 is 1.45 bits per heavy atom. The second-order valence-electron chi connectivity index (χ2n) is 7.97. The van der Waals surface area contributed by atoms with E-state index in [0.29, 0.717) is 0 Å². The Hall–Kier alpha value is -2.37. The average Bonchev–Trinajstić information content (AvgIpc) is 2.73. The molecule has 1 aliphatic heterocycles. The first kappa shape index (κ1) is 18.6. The summed E-state index contributed by atoms with van der Waals surface area (Å²) in [6, 6.07) is 18.6. The number of benzene rings is 4. The second-order valence-corrected chi connectivity index (χ2v) is 7.97. The van der Waals surface area contributed by atoms with Gasteiger partial charge in [-0.15, -0.1) is 0 Å². The molecule has 0 bridgehead atoms. The van der Waals surface area contributed by atoms with Crippen LogP contribution in [0.2, 0.25) is 0 Å². The molecule has 4 aromatic carbocycles. The highest BCUT2D eigenvalue weighted by Gasteiger charge is 2.32. The van der Waals surface area contributed by atoms with Crippen molar-refractivity contribution in [3.63, 3.8) is 0 Å². The average molecular weight is 396 g/mol. The molecule has 0 saturated carbocycles. The third-order valence-electron chi connectivity index (χ3n) is 6.21. The van der Waals surface area contributed by atoms with E-state index in [1.165, 1.54) is 21.5 Å². The number of alkyl halides is 3. The first-order valence-corrected chi connectivity index (χ1v) is 10.2. The highest BCUT2D eigenvalue weighted by molar-refractivity contribution is 6.23. The lowest BCUT2D eigenvalue weighted by Crippen LogP contribution is -2.45. The molecule has 29 heavy (non-hydrogen) atoms. The minimum Gasteiger partial charge on any atom is -0.314 e. The Morgan fingerprint density at radius 3 is 2.14 bits per heavy atom.